The second-order valence-electron chi connectivity index (χ2n) is 4.89. The summed E-state index contributed by atoms with van der Waals surface area (Å²) in [5, 5.41) is 3.07. The van der Waals surface area contributed by atoms with Gasteiger partial charge in [0.15, 0.2) is 0 Å². The summed E-state index contributed by atoms with van der Waals surface area (Å²) >= 11 is 0. The number of aromatic nitrogens is 2. The molecule has 1 aromatic heterocycles. The van der Waals surface area contributed by atoms with Gasteiger partial charge in [0.25, 0.3) is 0 Å². The Morgan fingerprint density at radius 3 is 2.89 bits per heavy atom. The topological polar surface area (TPSA) is 50.3 Å². The number of ether oxygens (including phenoxy) is 1. The van der Waals surface area contributed by atoms with Gasteiger partial charge in [-0.25, -0.2) is 9.97 Å². The maximum Gasteiger partial charge on any atom is 0.134 e. The van der Waals surface area contributed by atoms with Crippen LogP contribution in [-0.4, -0.2) is 43.3 Å². The van der Waals surface area contributed by atoms with E-state index in [-0.39, 0.29) is 6.10 Å². The molecule has 1 aliphatic heterocycles. The molecule has 0 amide bonds. The SMILES string of the molecule is CNc1cc(N2CCC(C)C(OC)C2)nc(C)n1. The molecule has 18 heavy (non-hydrogen) atoms. The molecule has 100 valence electrons. The van der Waals surface area contributed by atoms with Gasteiger partial charge in [0.2, 0.25) is 0 Å². The minimum absolute atomic E-state index is 0.284. The molecular formula is C13H22N4O. The van der Waals surface area contributed by atoms with E-state index in [1.165, 1.54) is 0 Å². The molecule has 1 saturated heterocycles. The normalized spacial score (nSPS) is 24.1. The highest BCUT2D eigenvalue weighted by Crippen LogP contribution is 2.24. The van der Waals surface area contributed by atoms with E-state index >= 15 is 0 Å². The van der Waals surface area contributed by atoms with Gasteiger partial charge >= 0.3 is 0 Å². The van der Waals surface area contributed by atoms with Crippen LogP contribution in [-0.2, 0) is 4.74 Å². The van der Waals surface area contributed by atoms with Gasteiger partial charge in [0.1, 0.15) is 17.5 Å². The van der Waals surface area contributed by atoms with Crippen LogP contribution in [0.4, 0.5) is 11.6 Å². The molecule has 5 nitrogen and oxygen atoms in total. The lowest BCUT2D eigenvalue weighted by Gasteiger charge is -2.37. The van der Waals surface area contributed by atoms with E-state index < -0.39 is 0 Å². The lowest BCUT2D eigenvalue weighted by molar-refractivity contribution is 0.0496. The van der Waals surface area contributed by atoms with Crippen molar-refractivity contribution in [2.45, 2.75) is 26.4 Å². The number of hydrogen-bond donors (Lipinski definition) is 1. The Balaban J connectivity index is 2.18. The fourth-order valence-electron chi connectivity index (χ4n) is 2.39. The molecule has 1 fully saturated rings. The fraction of sp³-hybridized carbons (Fsp3) is 0.692. The van der Waals surface area contributed by atoms with Crippen LogP contribution in [0.25, 0.3) is 0 Å². The Labute approximate surface area is 109 Å². The molecule has 2 atom stereocenters. The summed E-state index contributed by atoms with van der Waals surface area (Å²) < 4.78 is 5.54. The van der Waals surface area contributed by atoms with Gasteiger partial charge in [-0.15, -0.1) is 0 Å². The highest BCUT2D eigenvalue weighted by Gasteiger charge is 2.27. The summed E-state index contributed by atoms with van der Waals surface area (Å²) in [5.74, 6) is 3.26. The van der Waals surface area contributed by atoms with E-state index in [0.29, 0.717) is 5.92 Å². The molecule has 1 aliphatic rings. The van der Waals surface area contributed by atoms with Crippen LogP contribution < -0.4 is 10.2 Å². The molecular weight excluding hydrogens is 228 g/mol. The first kappa shape index (κ1) is 13.1. The van der Waals surface area contributed by atoms with Crippen molar-refractivity contribution in [2.24, 2.45) is 5.92 Å². The zero-order chi connectivity index (χ0) is 13.1. The smallest absolute Gasteiger partial charge is 0.134 e. The average molecular weight is 250 g/mol. The van der Waals surface area contributed by atoms with E-state index in [1.807, 2.05) is 20.0 Å². The zero-order valence-corrected chi connectivity index (χ0v) is 11.6. The Kier molecular flexibility index (Phi) is 4.01. The summed E-state index contributed by atoms with van der Waals surface area (Å²) in [4.78, 5) is 11.1. The van der Waals surface area contributed by atoms with Crippen molar-refractivity contribution in [3.8, 4) is 0 Å². The van der Waals surface area contributed by atoms with Gasteiger partial charge < -0.3 is 15.0 Å². The number of rotatable bonds is 3. The maximum atomic E-state index is 5.54. The molecule has 0 aliphatic carbocycles. The number of methoxy groups -OCH3 is 1. The standard InChI is InChI=1S/C13H22N4O/c1-9-5-6-17(8-11(9)18-4)13-7-12(14-3)15-10(2)16-13/h7,9,11H,5-6,8H2,1-4H3,(H,14,15,16). The number of aryl methyl sites for hydroxylation is 1. The molecule has 5 heteroatoms. The van der Waals surface area contributed by atoms with Crippen molar-refractivity contribution in [3.05, 3.63) is 11.9 Å². The van der Waals surface area contributed by atoms with E-state index in [2.05, 4.69) is 27.1 Å². The van der Waals surface area contributed by atoms with Crippen molar-refractivity contribution in [2.75, 3.05) is 37.5 Å². The summed E-state index contributed by atoms with van der Waals surface area (Å²) in [5.41, 5.74) is 0. The Bertz CT molecular complexity index is 410. The van der Waals surface area contributed by atoms with Crippen LogP contribution in [0, 0.1) is 12.8 Å². The van der Waals surface area contributed by atoms with E-state index in [4.69, 9.17) is 4.74 Å². The zero-order valence-electron chi connectivity index (χ0n) is 11.6. The van der Waals surface area contributed by atoms with Crippen molar-refractivity contribution >= 4 is 11.6 Å². The van der Waals surface area contributed by atoms with E-state index in [0.717, 1.165) is 37.0 Å². The number of anilines is 2. The Morgan fingerprint density at radius 1 is 1.44 bits per heavy atom. The molecule has 0 spiro atoms. The average Bonchev–Trinajstić information content (AvgIpc) is 2.38. The fourth-order valence-corrected chi connectivity index (χ4v) is 2.39. The quantitative estimate of drug-likeness (QED) is 0.884. The number of hydrogen-bond acceptors (Lipinski definition) is 5. The van der Waals surface area contributed by atoms with Crippen LogP contribution >= 0.6 is 0 Å². The number of nitrogens with one attached hydrogen (secondary N) is 1. The monoisotopic (exact) mass is 250 g/mol. The van der Waals surface area contributed by atoms with Crippen LogP contribution in [0.2, 0.25) is 0 Å². The van der Waals surface area contributed by atoms with Crippen molar-refractivity contribution < 1.29 is 4.74 Å². The third-order valence-corrected chi connectivity index (χ3v) is 3.60. The molecule has 0 saturated carbocycles. The molecule has 1 N–H and O–H groups in total. The van der Waals surface area contributed by atoms with Gasteiger partial charge in [0.05, 0.1) is 6.10 Å². The van der Waals surface area contributed by atoms with Crippen molar-refractivity contribution in [1.29, 1.82) is 0 Å². The van der Waals surface area contributed by atoms with Crippen molar-refractivity contribution in [1.82, 2.24) is 9.97 Å². The highest BCUT2D eigenvalue weighted by molar-refractivity contribution is 5.49. The first-order valence-corrected chi connectivity index (χ1v) is 6.45. The van der Waals surface area contributed by atoms with Crippen LogP contribution in [0.1, 0.15) is 19.2 Å². The molecule has 0 radical (unpaired) electrons. The summed E-state index contributed by atoms with van der Waals surface area (Å²) in [6.07, 6.45) is 1.42. The lowest BCUT2D eigenvalue weighted by atomic mass is 9.96. The van der Waals surface area contributed by atoms with Crippen LogP contribution in [0.3, 0.4) is 0 Å². The maximum absolute atomic E-state index is 5.54. The first-order chi connectivity index (χ1) is 8.63. The largest absolute Gasteiger partial charge is 0.379 e. The van der Waals surface area contributed by atoms with E-state index in [1.54, 1.807) is 7.11 Å². The first-order valence-electron chi connectivity index (χ1n) is 6.45. The van der Waals surface area contributed by atoms with Gasteiger partial charge in [0, 0.05) is 33.3 Å². The third-order valence-electron chi connectivity index (χ3n) is 3.60. The lowest BCUT2D eigenvalue weighted by Crippen LogP contribution is -2.44. The third kappa shape index (κ3) is 2.72. The van der Waals surface area contributed by atoms with Crippen molar-refractivity contribution in [3.63, 3.8) is 0 Å². The Hall–Kier alpha value is -1.36. The second kappa shape index (κ2) is 5.52. The summed E-state index contributed by atoms with van der Waals surface area (Å²) in [7, 11) is 3.66. The van der Waals surface area contributed by atoms with Gasteiger partial charge in [-0.2, -0.15) is 0 Å². The molecule has 2 unspecified atom stereocenters. The predicted molar refractivity (Wildman–Crippen MR) is 73.1 cm³/mol. The van der Waals surface area contributed by atoms with Gasteiger partial charge in [-0.1, -0.05) is 6.92 Å². The second-order valence-corrected chi connectivity index (χ2v) is 4.89. The molecule has 2 heterocycles. The van der Waals surface area contributed by atoms with Crippen LogP contribution in [0.5, 0.6) is 0 Å². The molecule has 1 aromatic rings. The van der Waals surface area contributed by atoms with Crippen LogP contribution in [0.15, 0.2) is 6.07 Å². The predicted octanol–water partition coefficient (Wildman–Crippen LogP) is 1.69. The number of piperidine rings is 1. The highest BCUT2D eigenvalue weighted by atomic mass is 16.5. The van der Waals surface area contributed by atoms with Gasteiger partial charge in [-0.05, 0) is 19.3 Å². The summed E-state index contributed by atoms with van der Waals surface area (Å²) in [6, 6.07) is 2.00. The number of nitrogens with zero attached hydrogens (tertiary/aromatic N) is 3. The minimum atomic E-state index is 0.284. The molecule has 2 rings (SSSR count). The summed E-state index contributed by atoms with van der Waals surface area (Å²) in [6.45, 7) is 6.10. The molecule has 0 aromatic carbocycles. The van der Waals surface area contributed by atoms with Gasteiger partial charge in [-0.3, -0.25) is 0 Å². The minimum Gasteiger partial charge on any atom is -0.379 e. The van der Waals surface area contributed by atoms with E-state index in [9.17, 15) is 0 Å². The molecule has 0 bridgehead atoms. The Morgan fingerprint density at radius 2 is 2.22 bits per heavy atom.